The number of hydrogen-bond donors (Lipinski definition) is 0. The molecule has 3 heteroatoms. The van der Waals surface area contributed by atoms with Gasteiger partial charge in [0.15, 0.2) is 0 Å². The molecular formula is C9H10O3. The minimum absolute atomic E-state index is 0.152. The maximum absolute atomic E-state index is 10.9. The SMILES string of the molecule is O=[C]C(=O)[C@H]1CCC[C@@H]([C]=O)C1. The van der Waals surface area contributed by atoms with Crippen LogP contribution in [0, 0.1) is 11.8 Å². The molecule has 1 aliphatic carbocycles. The lowest BCUT2D eigenvalue weighted by Gasteiger charge is -2.21. The average Bonchev–Trinajstić information content (AvgIpc) is 2.17. The Labute approximate surface area is 71.1 Å². The number of Topliss-reactive ketones (excluding diaryl/α,β-unsaturated/α-hetero) is 1. The summed E-state index contributed by atoms with van der Waals surface area (Å²) in [5, 5.41) is 0. The van der Waals surface area contributed by atoms with Crippen LogP contribution in [0.3, 0.4) is 0 Å². The molecule has 0 spiro atoms. The fourth-order valence-electron chi connectivity index (χ4n) is 1.62. The monoisotopic (exact) mass is 166 g/mol. The van der Waals surface area contributed by atoms with Gasteiger partial charge in [0.1, 0.15) is 0 Å². The molecule has 1 rings (SSSR count). The average molecular weight is 166 g/mol. The minimum atomic E-state index is -0.491. The van der Waals surface area contributed by atoms with Crippen LogP contribution in [-0.2, 0) is 14.4 Å². The lowest BCUT2D eigenvalue weighted by molar-refractivity contribution is -0.117. The topological polar surface area (TPSA) is 51.2 Å². The number of carbonyl (C=O) groups is 1. The lowest BCUT2D eigenvalue weighted by Crippen LogP contribution is -2.24. The van der Waals surface area contributed by atoms with Crippen LogP contribution in [0.5, 0.6) is 0 Å². The molecule has 0 saturated heterocycles. The second-order valence-electron chi connectivity index (χ2n) is 3.14. The summed E-state index contributed by atoms with van der Waals surface area (Å²) in [4.78, 5) is 31.2. The molecule has 0 aromatic carbocycles. The first-order valence-corrected chi connectivity index (χ1v) is 4.07. The van der Waals surface area contributed by atoms with E-state index in [1.165, 1.54) is 6.29 Å². The van der Waals surface area contributed by atoms with E-state index in [-0.39, 0.29) is 11.8 Å². The van der Waals surface area contributed by atoms with Gasteiger partial charge in [-0.1, -0.05) is 6.42 Å². The summed E-state index contributed by atoms with van der Waals surface area (Å²) in [5.74, 6) is -0.918. The highest BCUT2D eigenvalue weighted by Gasteiger charge is 2.27. The molecule has 0 amide bonds. The molecule has 0 bridgehead atoms. The third kappa shape index (κ3) is 2.00. The van der Waals surface area contributed by atoms with Gasteiger partial charge in [0.2, 0.25) is 12.1 Å². The molecule has 3 nitrogen and oxygen atoms in total. The molecule has 0 aromatic rings. The van der Waals surface area contributed by atoms with Gasteiger partial charge in [0.05, 0.1) is 0 Å². The standard InChI is InChI=1S/C9H10O3/c10-5-7-2-1-3-8(4-7)9(12)6-11/h7-8H,1-4H2/t7-,8+/m1/s1. The zero-order valence-corrected chi connectivity index (χ0v) is 6.71. The van der Waals surface area contributed by atoms with Crippen molar-refractivity contribution in [2.45, 2.75) is 25.7 Å². The van der Waals surface area contributed by atoms with Gasteiger partial charge in [-0.15, -0.1) is 0 Å². The smallest absolute Gasteiger partial charge is 0.272 e. The predicted molar refractivity (Wildman–Crippen MR) is 41.8 cm³/mol. The minimum Gasteiger partial charge on any atom is -0.291 e. The summed E-state index contributed by atoms with van der Waals surface area (Å²) in [6, 6.07) is 0. The normalized spacial score (nSPS) is 29.3. The molecule has 1 saturated carbocycles. The zero-order chi connectivity index (χ0) is 8.97. The third-order valence-electron chi connectivity index (χ3n) is 2.31. The van der Waals surface area contributed by atoms with E-state index in [1.54, 1.807) is 0 Å². The van der Waals surface area contributed by atoms with Gasteiger partial charge in [-0.05, 0) is 19.3 Å². The Morgan fingerprint density at radius 1 is 1.25 bits per heavy atom. The van der Waals surface area contributed by atoms with Crippen LogP contribution in [0.4, 0.5) is 0 Å². The summed E-state index contributed by atoms with van der Waals surface area (Å²) in [5.41, 5.74) is 0. The summed E-state index contributed by atoms with van der Waals surface area (Å²) < 4.78 is 0. The molecular weight excluding hydrogens is 156 g/mol. The Morgan fingerprint density at radius 3 is 2.58 bits per heavy atom. The molecule has 1 aliphatic rings. The Hall–Kier alpha value is -0.990. The maximum atomic E-state index is 10.9. The number of hydrogen-bond acceptors (Lipinski definition) is 3. The second-order valence-corrected chi connectivity index (χ2v) is 3.14. The number of carbonyl (C=O) groups excluding carboxylic acids is 3. The summed E-state index contributed by atoms with van der Waals surface area (Å²) in [7, 11) is 0. The highest BCUT2D eigenvalue weighted by atomic mass is 16.2. The van der Waals surface area contributed by atoms with Crippen molar-refractivity contribution in [3.05, 3.63) is 0 Å². The maximum Gasteiger partial charge on any atom is 0.272 e. The van der Waals surface area contributed by atoms with Crippen molar-refractivity contribution in [1.29, 1.82) is 0 Å². The molecule has 0 N–H and O–H groups in total. The summed E-state index contributed by atoms with van der Waals surface area (Å²) in [6.07, 6.45) is 6.07. The van der Waals surface area contributed by atoms with Crippen LogP contribution in [0.1, 0.15) is 25.7 Å². The molecule has 0 aromatic heterocycles. The van der Waals surface area contributed by atoms with Crippen LogP contribution >= 0.6 is 0 Å². The van der Waals surface area contributed by atoms with E-state index in [0.717, 1.165) is 12.8 Å². The van der Waals surface area contributed by atoms with E-state index in [9.17, 15) is 14.4 Å². The first kappa shape index (κ1) is 9.10. The van der Waals surface area contributed by atoms with E-state index in [4.69, 9.17) is 0 Å². The number of ketones is 1. The van der Waals surface area contributed by atoms with Crippen molar-refractivity contribution >= 4 is 18.4 Å². The summed E-state index contributed by atoms with van der Waals surface area (Å²) >= 11 is 0. The van der Waals surface area contributed by atoms with Crippen molar-refractivity contribution in [1.82, 2.24) is 0 Å². The van der Waals surface area contributed by atoms with E-state index in [0.29, 0.717) is 12.8 Å². The highest BCUT2D eigenvalue weighted by molar-refractivity contribution is 6.26. The van der Waals surface area contributed by atoms with Crippen LogP contribution in [0.2, 0.25) is 0 Å². The zero-order valence-electron chi connectivity index (χ0n) is 6.71. The van der Waals surface area contributed by atoms with Crippen molar-refractivity contribution in [2.75, 3.05) is 0 Å². The Bertz CT molecular complexity index is 198. The van der Waals surface area contributed by atoms with Gasteiger partial charge in [0, 0.05) is 11.8 Å². The Morgan fingerprint density at radius 2 is 2.00 bits per heavy atom. The summed E-state index contributed by atoms with van der Waals surface area (Å²) in [6.45, 7) is 0. The van der Waals surface area contributed by atoms with E-state index in [1.807, 2.05) is 6.29 Å². The van der Waals surface area contributed by atoms with E-state index < -0.39 is 5.78 Å². The van der Waals surface area contributed by atoms with Gasteiger partial charge in [-0.25, -0.2) is 0 Å². The molecule has 0 heterocycles. The molecule has 0 aliphatic heterocycles. The van der Waals surface area contributed by atoms with Gasteiger partial charge in [-0.3, -0.25) is 14.4 Å². The van der Waals surface area contributed by atoms with Gasteiger partial charge in [-0.2, -0.15) is 0 Å². The lowest BCUT2D eigenvalue weighted by atomic mass is 9.80. The predicted octanol–water partition coefficient (Wildman–Crippen LogP) is 0.581. The van der Waals surface area contributed by atoms with Crippen molar-refractivity contribution in [3.8, 4) is 0 Å². The second kappa shape index (κ2) is 4.14. The van der Waals surface area contributed by atoms with Crippen molar-refractivity contribution < 1.29 is 14.4 Å². The largest absolute Gasteiger partial charge is 0.291 e. The first-order valence-electron chi connectivity index (χ1n) is 4.07. The van der Waals surface area contributed by atoms with Gasteiger partial charge < -0.3 is 0 Å². The molecule has 2 atom stereocenters. The molecule has 2 radical (unpaired) electrons. The fraction of sp³-hybridized carbons (Fsp3) is 0.667. The number of rotatable bonds is 3. The third-order valence-corrected chi connectivity index (χ3v) is 2.31. The molecule has 12 heavy (non-hydrogen) atoms. The Balaban J connectivity index is 2.50. The quantitative estimate of drug-likeness (QED) is 0.576. The first-order chi connectivity index (χ1) is 5.77. The molecule has 1 fully saturated rings. The fourth-order valence-corrected chi connectivity index (χ4v) is 1.62. The molecule has 64 valence electrons. The van der Waals surface area contributed by atoms with Crippen LogP contribution < -0.4 is 0 Å². The van der Waals surface area contributed by atoms with Crippen LogP contribution in [0.15, 0.2) is 0 Å². The Kier molecular flexibility index (Phi) is 3.14. The van der Waals surface area contributed by atoms with Crippen LogP contribution in [-0.4, -0.2) is 18.4 Å². The van der Waals surface area contributed by atoms with Crippen LogP contribution in [0.25, 0.3) is 0 Å². The van der Waals surface area contributed by atoms with Crippen molar-refractivity contribution in [3.63, 3.8) is 0 Å². The van der Waals surface area contributed by atoms with Gasteiger partial charge in [0.25, 0.3) is 6.29 Å². The highest BCUT2D eigenvalue weighted by Crippen LogP contribution is 2.27. The van der Waals surface area contributed by atoms with E-state index in [2.05, 4.69) is 0 Å². The van der Waals surface area contributed by atoms with E-state index >= 15 is 0 Å². The van der Waals surface area contributed by atoms with Gasteiger partial charge >= 0.3 is 0 Å². The molecule has 0 unspecified atom stereocenters. The van der Waals surface area contributed by atoms with Crippen molar-refractivity contribution in [2.24, 2.45) is 11.8 Å².